The van der Waals surface area contributed by atoms with Gasteiger partial charge in [-0.15, -0.1) is 0 Å². The normalized spacial score (nSPS) is 11.2. The van der Waals surface area contributed by atoms with Crippen molar-refractivity contribution < 1.29 is 23.1 Å². The van der Waals surface area contributed by atoms with Crippen LogP contribution in [0.5, 0.6) is 0 Å². The highest BCUT2D eigenvalue weighted by Gasteiger charge is 2.38. The van der Waals surface area contributed by atoms with Crippen LogP contribution in [0.15, 0.2) is 6.33 Å². The van der Waals surface area contributed by atoms with Crippen LogP contribution in [-0.2, 0) is 11.3 Å². The van der Waals surface area contributed by atoms with Gasteiger partial charge in [0.1, 0.15) is 11.3 Å². The number of fused-ring (bicyclic) bond motifs is 1. The third-order valence-electron chi connectivity index (χ3n) is 3.10. The van der Waals surface area contributed by atoms with Crippen molar-refractivity contribution in [2.75, 3.05) is 5.32 Å². The van der Waals surface area contributed by atoms with Crippen LogP contribution in [0, 0.1) is 13.8 Å². The van der Waals surface area contributed by atoms with E-state index < -0.39 is 12.1 Å². The number of hydrogen-bond donors (Lipinski definition) is 4. The smallest absolute Gasteiger partial charge is 0.475 e. The predicted molar refractivity (Wildman–Crippen MR) is 85.8 cm³/mol. The lowest BCUT2D eigenvalue weighted by Crippen LogP contribution is -2.21. The molecular weight excluding hydrogens is 379 g/mol. The molecule has 140 valence electrons. The summed E-state index contributed by atoms with van der Waals surface area (Å²) < 4.78 is 31.7. The van der Waals surface area contributed by atoms with Gasteiger partial charge in [0.2, 0.25) is 5.28 Å². The molecule has 3 rings (SSSR count). The van der Waals surface area contributed by atoms with Gasteiger partial charge in [-0.05, 0) is 25.4 Å². The van der Waals surface area contributed by atoms with Crippen molar-refractivity contribution in [3.63, 3.8) is 0 Å². The fraction of sp³-hybridized carbons (Fsp3) is 0.308. The topological polar surface area (TPSA) is 132 Å². The van der Waals surface area contributed by atoms with Crippen LogP contribution in [0.4, 0.5) is 19.0 Å². The molecule has 0 saturated carbocycles. The van der Waals surface area contributed by atoms with Crippen molar-refractivity contribution in [1.82, 2.24) is 29.9 Å². The molecule has 0 bridgehead atoms. The first kappa shape index (κ1) is 19.4. The molecule has 0 aromatic carbocycles. The summed E-state index contributed by atoms with van der Waals surface area (Å²) in [5.74, 6) is -1.30. The SMILES string of the molecule is Cc1nc(CNc2nc(Cl)nc3nc[nH]c23)[nH]c1C.O=C(O)C(F)(F)F. The molecule has 13 heteroatoms. The Hall–Kier alpha value is -2.89. The molecule has 0 aliphatic carbocycles. The van der Waals surface area contributed by atoms with E-state index in [4.69, 9.17) is 21.5 Å². The Bertz CT molecular complexity index is 903. The number of nitrogens with zero attached hydrogens (tertiary/aromatic N) is 4. The molecule has 3 heterocycles. The second kappa shape index (κ2) is 7.56. The third kappa shape index (κ3) is 4.81. The molecule has 0 unspecified atom stereocenters. The van der Waals surface area contributed by atoms with Gasteiger partial charge in [0, 0.05) is 5.69 Å². The Balaban J connectivity index is 0.000000298. The van der Waals surface area contributed by atoms with Gasteiger partial charge in [-0.2, -0.15) is 23.1 Å². The largest absolute Gasteiger partial charge is 0.490 e. The number of rotatable bonds is 3. The highest BCUT2D eigenvalue weighted by atomic mass is 35.5. The van der Waals surface area contributed by atoms with Crippen molar-refractivity contribution in [3.05, 3.63) is 28.8 Å². The second-order valence-corrected chi connectivity index (χ2v) is 5.33. The van der Waals surface area contributed by atoms with E-state index in [1.165, 1.54) is 0 Å². The molecular formula is C13H13ClF3N7O2. The van der Waals surface area contributed by atoms with Gasteiger partial charge < -0.3 is 20.4 Å². The Morgan fingerprint density at radius 1 is 1.31 bits per heavy atom. The van der Waals surface area contributed by atoms with Gasteiger partial charge >= 0.3 is 12.1 Å². The van der Waals surface area contributed by atoms with E-state index in [-0.39, 0.29) is 5.28 Å². The standard InChI is InChI=1S/C11H12ClN7.C2HF3O2/c1-5-6(2)17-7(16-5)3-13-9-8-10(15-4-14-8)19-11(12)18-9;3-2(4,5)1(6)7/h4H,3H2,1-2H3,(H,16,17)(H2,13,14,15,18,19);(H,6,7). The maximum Gasteiger partial charge on any atom is 0.490 e. The highest BCUT2D eigenvalue weighted by molar-refractivity contribution is 6.28. The van der Waals surface area contributed by atoms with E-state index in [9.17, 15) is 13.2 Å². The zero-order valence-electron chi connectivity index (χ0n) is 13.4. The average molecular weight is 392 g/mol. The Morgan fingerprint density at radius 2 is 1.96 bits per heavy atom. The molecule has 0 spiro atoms. The van der Waals surface area contributed by atoms with Gasteiger partial charge in [0.15, 0.2) is 11.5 Å². The van der Waals surface area contributed by atoms with Gasteiger partial charge in [-0.25, -0.2) is 14.8 Å². The number of aliphatic carboxylic acids is 1. The first-order chi connectivity index (χ1) is 12.1. The molecule has 3 aromatic rings. The molecule has 9 nitrogen and oxygen atoms in total. The van der Waals surface area contributed by atoms with E-state index >= 15 is 0 Å². The Kier molecular flexibility index (Phi) is 5.65. The minimum Gasteiger partial charge on any atom is -0.475 e. The molecule has 0 radical (unpaired) electrons. The number of carbonyl (C=O) groups is 1. The summed E-state index contributed by atoms with van der Waals surface area (Å²) >= 11 is 5.85. The quantitative estimate of drug-likeness (QED) is 0.504. The van der Waals surface area contributed by atoms with Crippen LogP contribution in [0.1, 0.15) is 17.2 Å². The number of hydrogen-bond acceptors (Lipinski definition) is 6. The number of nitrogens with one attached hydrogen (secondary N) is 3. The third-order valence-corrected chi connectivity index (χ3v) is 3.27. The fourth-order valence-electron chi connectivity index (χ4n) is 1.81. The zero-order chi connectivity index (χ0) is 19.5. The summed E-state index contributed by atoms with van der Waals surface area (Å²) in [7, 11) is 0. The minimum atomic E-state index is -5.08. The van der Waals surface area contributed by atoms with Crippen molar-refractivity contribution in [2.45, 2.75) is 26.6 Å². The molecule has 0 aliphatic rings. The molecule has 0 saturated heterocycles. The number of aromatic amines is 2. The Labute approximate surface area is 149 Å². The fourth-order valence-corrected chi connectivity index (χ4v) is 1.97. The molecule has 0 amide bonds. The highest BCUT2D eigenvalue weighted by Crippen LogP contribution is 2.19. The van der Waals surface area contributed by atoms with Crippen LogP contribution in [0.25, 0.3) is 11.2 Å². The minimum absolute atomic E-state index is 0.161. The number of carboxylic acids is 1. The summed E-state index contributed by atoms with van der Waals surface area (Å²) in [5.41, 5.74) is 3.31. The molecule has 26 heavy (non-hydrogen) atoms. The molecule has 0 atom stereocenters. The van der Waals surface area contributed by atoms with Gasteiger partial charge in [-0.3, -0.25) is 0 Å². The lowest BCUT2D eigenvalue weighted by Gasteiger charge is -2.04. The van der Waals surface area contributed by atoms with Crippen LogP contribution < -0.4 is 5.32 Å². The number of anilines is 1. The monoisotopic (exact) mass is 391 g/mol. The molecule has 0 fully saturated rings. The average Bonchev–Trinajstić information content (AvgIpc) is 3.11. The van der Waals surface area contributed by atoms with Crippen molar-refractivity contribution in [2.24, 2.45) is 0 Å². The number of alkyl halides is 3. The number of halogens is 4. The first-order valence-corrected chi connectivity index (χ1v) is 7.38. The molecule has 4 N–H and O–H groups in total. The van der Waals surface area contributed by atoms with Gasteiger partial charge in [0.05, 0.1) is 18.6 Å². The van der Waals surface area contributed by atoms with Crippen LogP contribution >= 0.6 is 11.6 Å². The number of H-pyrrole nitrogens is 2. The first-order valence-electron chi connectivity index (χ1n) is 7.00. The number of imidazole rings is 2. The van der Waals surface area contributed by atoms with E-state index in [1.54, 1.807) is 6.33 Å². The molecule has 0 aliphatic heterocycles. The van der Waals surface area contributed by atoms with E-state index in [0.717, 1.165) is 22.7 Å². The van der Waals surface area contributed by atoms with E-state index in [2.05, 4.69) is 35.2 Å². The summed E-state index contributed by atoms with van der Waals surface area (Å²) in [5, 5.41) is 10.5. The van der Waals surface area contributed by atoms with Crippen LogP contribution in [-0.4, -0.2) is 47.2 Å². The zero-order valence-corrected chi connectivity index (χ0v) is 14.2. The van der Waals surface area contributed by atoms with Crippen LogP contribution in [0.2, 0.25) is 5.28 Å². The maximum atomic E-state index is 10.6. The van der Waals surface area contributed by atoms with E-state index in [1.807, 2.05) is 13.8 Å². The number of aryl methyl sites for hydroxylation is 2. The summed E-state index contributed by atoms with van der Waals surface area (Å²) in [6.45, 7) is 4.47. The predicted octanol–water partition coefficient (Wildman–Crippen LogP) is 2.59. The maximum absolute atomic E-state index is 10.6. The summed E-state index contributed by atoms with van der Waals surface area (Å²) in [4.78, 5) is 31.7. The Morgan fingerprint density at radius 3 is 2.50 bits per heavy atom. The van der Waals surface area contributed by atoms with Crippen molar-refractivity contribution in [1.29, 1.82) is 0 Å². The van der Waals surface area contributed by atoms with Gasteiger partial charge in [0.25, 0.3) is 0 Å². The van der Waals surface area contributed by atoms with Gasteiger partial charge in [-0.1, -0.05) is 0 Å². The van der Waals surface area contributed by atoms with E-state index in [0.29, 0.717) is 18.0 Å². The second-order valence-electron chi connectivity index (χ2n) is 4.99. The van der Waals surface area contributed by atoms with Crippen molar-refractivity contribution >= 4 is 34.6 Å². The number of carboxylic acid groups (broad SMARTS) is 1. The number of aromatic nitrogens is 6. The summed E-state index contributed by atoms with van der Waals surface area (Å²) in [6.07, 6.45) is -3.53. The lowest BCUT2D eigenvalue weighted by molar-refractivity contribution is -0.192. The van der Waals surface area contributed by atoms with Crippen LogP contribution in [0.3, 0.4) is 0 Å². The summed E-state index contributed by atoms with van der Waals surface area (Å²) in [6, 6.07) is 0. The lowest BCUT2D eigenvalue weighted by atomic mass is 10.4. The molecule has 3 aromatic heterocycles. The van der Waals surface area contributed by atoms with Crippen molar-refractivity contribution in [3.8, 4) is 0 Å².